The molecule has 0 aliphatic carbocycles. The Bertz CT molecular complexity index is 430. The van der Waals surface area contributed by atoms with Crippen LogP contribution in [0.15, 0.2) is 24.3 Å². The molecule has 19 heavy (non-hydrogen) atoms. The lowest BCUT2D eigenvalue weighted by Crippen LogP contribution is -2.46. The van der Waals surface area contributed by atoms with E-state index < -0.39 is 6.04 Å². The summed E-state index contributed by atoms with van der Waals surface area (Å²) in [7, 11) is 0. The Morgan fingerprint density at radius 2 is 2.16 bits per heavy atom. The topological polar surface area (TPSA) is 66.6 Å². The van der Waals surface area contributed by atoms with E-state index in [4.69, 9.17) is 5.73 Å². The number of hydrogen-bond donors (Lipinski definition) is 2. The van der Waals surface area contributed by atoms with Crippen LogP contribution in [-0.2, 0) is 11.2 Å². The molecule has 1 heterocycles. The van der Waals surface area contributed by atoms with Crippen LogP contribution in [0.25, 0.3) is 0 Å². The molecular formula is C15H22N2O2. The van der Waals surface area contributed by atoms with Gasteiger partial charge in [0.1, 0.15) is 5.75 Å². The van der Waals surface area contributed by atoms with Crippen LogP contribution in [0.2, 0.25) is 0 Å². The number of nitrogens with two attached hydrogens (primary N) is 1. The third-order valence-electron chi connectivity index (χ3n) is 3.84. The van der Waals surface area contributed by atoms with Crippen molar-refractivity contribution in [2.75, 3.05) is 6.54 Å². The Balaban J connectivity index is 1.97. The number of phenols is 1. The highest BCUT2D eigenvalue weighted by Crippen LogP contribution is 2.21. The second-order valence-corrected chi connectivity index (χ2v) is 5.21. The smallest absolute Gasteiger partial charge is 0.240 e. The molecule has 0 radical (unpaired) electrons. The van der Waals surface area contributed by atoms with Crippen LogP contribution < -0.4 is 5.73 Å². The SMILES string of the molecule is CCC1CCCN1C(=O)[C@H](N)Cc1ccc(O)cc1. The molecule has 0 saturated carbocycles. The van der Waals surface area contributed by atoms with Crippen molar-refractivity contribution < 1.29 is 9.90 Å². The van der Waals surface area contributed by atoms with Gasteiger partial charge in [0.25, 0.3) is 0 Å². The van der Waals surface area contributed by atoms with Gasteiger partial charge < -0.3 is 15.7 Å². The number of carbonyl (C=O) groups excluding carboxylic acids is 1. The molecule has 0 bridgehead atoms. The standard InChI is InChI=1S/C15H22N2O2/c1-2-12-4-3-9-17(12)15(19)14(16)10-11-5-7-13(18)8-6-11/h5-8,12,14,18H,2-4,9-10,16H2,1H3/t12?,14-/m1/s1. The van der Waals surface area contributed by atoms with Gasteiger partial charge in [-0.3, -0.25) is 4.79 Å². The van der Waals surface area contributed by atoms with Crippen LogP contribution in [-0.4, -0.2) is 34.5 Å². The van der Waals surface area contributed by atoms with Gasteiger partial charge in [0.15, 0.2) is 0 Å². The fourth-order valence-electron chi connectivity index (χ4n) is 2.74. The van der Waals surface area contributed by atoms with E-state index in [9.17, 15) is 9.90 Å². The Morgan fingerprint density at radius 1 is 1.47 bits per heavy atom. The predicted octanol–water partition coefficient (Wildman–Crippen LogP) is 1.66. The van der Waals surface area contributed by atoms with E-state index in [-0.39, 0.29) is 11.7 Å². The summed E-state index contributed by atoms with van der Waals surface area (Å²) in [5.41, 5.74) is 7.01. The lowest BCUT2D eigenvalue weighted by Gasteiger charge is -2.26. The molecule has 1 saturated heterocycles. The summed E-state index contributed by atoms with van der Waals surface area (Å²) in [6.07, 6.45) is 3.69. The molecule has 1 aromatic rings. The third-order valence-corrected chi connectivity index (χ3v) is 3.84. The lowest BCUT2D eigenvalue weighted by atomic mass is 10.0. The maximum atomic E-state index is 12.3. The van der Waals surface area contributed by atoms with Crippen molar-refractivity contribution in [3.05, 3.63) is 29.8 Å². The van der Waals surface area contributed by atoms with Crippen LogP contribution in [0, 0.1) is 0 Å². The summed E-state index contributed by atoms with van der Waals surface area (Å²) in [6.45, 7) is 2.95. The first kappa shape index (κ1) is 13.9. The molecule has 1 fully saturated rings. The molecule has 1 unspecified atom stereocenters. The zero-order valence-corrected chi connectivity index (χ0v) is 11.4. The molecule has 2 rings (SSSR count). The molecule has 1 amide bonds. The quantitative estimate of drug-likeness (QED) is 0.867. The average molecular weight is 262 g/mol. The normalized spacial score (nSPS) is 20.5. The lowest BCUT2D eigenvalue weighted by molar-refractivity contribution is -0.133. The van der Waals surface area contributed by atoms with Crippen molar-refractivity contribution >= 4 is 5.91 Å². The number of amides is 1. The van der Waals surface area contributed by atoms with Crippen molar-refractivity contribution in [2.24, 2.45) is 5.73 Å². The summed E-state index contributed by atoms with van der Waals surface area (Å²) >= 11 is 0. The molecular weight excluding hydrogens is 240 g/mol. The molecule has 0 aromatic heterocycles. The maximum Gasteiger partial charge on any atom is 0.240 e. The van der Waals surface area contributed by atoms with E-state index in [1.54, 1.807) is 12.1 Å². The maximum absolute atomic E-state index is 12.3. The van der Waals surface area contributed by atoms with Crippen LogP contribution in [0.1, 0.15) is 31.7 Å². The van der Waals surface area contributed by atoms with E-state index in [0.717, 1.165) is 31.4 Å². The minimum absolute atomic E-state index is 0.0532. The summed E-state index contributed by atoms with van der Waals surface area (Å²) in [5, 5.41) is 9.23. The van der Waals surface area contributed by atoms with Gasteiger partial charge in [-0.2, -0.15) is 0 Å². The van der Waals surface area contributed by atoms with Gasteiger partial charge in [-0.05, 0) is 43.4 Å². The van der Waals surface area contributed by atoms with Crippen molar-refractivity contribution in [1.82, 2.24) is 4.90 Å². The molecule has 1 aromatic carbocycles. The van der Waals surface area contributed by atoms with Crippen LogP contribution in [0.4, 0.5) is 0 Å². The predicted molar refractivity (Wildman–Crippen MR) is 74.8 cm³/mol. The number of aromatic hydroxyl groups is 1. The van der Waals surface area contributed by atoms with E-state index in [1.165, 1.54) is 0 Å². The van der Waals surface area contributed by atoms with Gasteiger partial charge in [-0.15, -0.1) is 0 Å². The molecule has 3 N–H and O–H groups in total. The number of hydrogen-bond acceptors (Lipinski definition) is 3. The first-order chi connectivity index (χ1) is 9.11. The summed E-state index contributed by atoms with van der Waals surface area (Å²) in [6, 6.07) is 6.73. The monoisotopic (exact) mass is 262 g/mol. The second kappa shape index (κ2) is 6.06. The van der Waals surface area contributed by atoms with Crippen LogP contribution in [0.3, 0.4) is 0 Å². The number of nitrogens with zero attached hydrogens (tertiary/aromatic N) is 1. The van der Waals surface area contributed by atoms with Gasteiger partial charge in [0.05, 0.1) is 6.04 Å². The molecule has 4 nitrogen and oxygen atoms in total. The van der Waals surface area contributed by atoms with E-state index in [2.05, 4.69) is 6.92 Å². The Morgan fingerprint density at radius 3 is 2.79 bits per heavy atom. The van der Waals surface area contributed by atoms with E-state index >= 15 is 0 Å². The Labute approximate surface area is 114 Å². The molecule has 104 valence electrons. The summed E-state index contributed by atoms with van der Waals surface area (Å²) in [5.74, 6) is 0.284. The third kappa shape index (κ3) is 3.26. The van der Waals surface area contributed by atoms with E-state index in [1.807, 2.05) is 17.0 Å². The van der Waals surface area contributed by atoms with Crippen molar-refractivity contribution in [3.63, 3.8) is 0 Å². The first-order valence-corrected chi connectivity index (χ1v) is 6.95. The summed E-state index contributed by atoms with van der Waals surface area (Å²) in [4.78, 5) is 14.3. The van der Waals surface area contributed by atoms with Gasteiger partial charge in [0, 0.05) is 12.6 Å². The zero-order valence-electron chi connectivity index (χ0n) is 11.4. The van der Waals surface area contributed by atoms with Gasteiger partial charge in [0.2, 0.25) is 5.91 Å². The zero-order chi connectivity index (χ0) is 13.8. The Hall–Kier alpha value is -1.55. The van der Waals surface area contributed by atoms with Crippen LogP contribution in [0.5, 0.6) is 5.75 Å². The molecule has 0 spiro atoms. The van der Waals surface area contributed by atoms with Crippen molar-refractivity contribution in [3.8, 4) is 5.75 Å². The van der Waals surface area contributed by atoms with Gasteiger partial charge >= 0.3 is 0 Å². The number of rotatable bonds is 4. The van der Waals surface area contributed by atoms with E-state index in [0.29, 0.717) is 12.5 Å². The minimum atomic E-state index is -0.489. The molecule has 1 aliphatic heterocycles. The largest absolute Gasteiger partial charge is 0.508 e. The number of benzene rings is 1. The van der Waals surface area contributed by atoms with Gasteiger partial charge in [-0.1, -0.05) is 19.1 Å². The number of phenolic OH excluding ortho intramolecular Hbond substituents is 1. The molecule has 2 atom stereocenters. The Kier molecular flexibility index (Phi) is 4.43. The summed E-state index contributed by atoms with van der Waals surface area (Å²) < 4.78 is 0. The van der Waals surface area contributed by atoms with Crippen molar-refractivity contribution in [2.45, 2.75) is 44.7 Å². The van der Waals surface area contributed by atoms with Gasteiger partial charge in [-0.25, -0.2) is 0 Å². The second-order valence-electron chi connectivity index (χ2n) is 5.21. The number of carbonyl (C=O) groups is 1. The molecule has 1 aliphatic rings. The van der Waals surface area contributed by atoms with Crippen LogP contribution >= 0.6 is 0 Å². The fourth-order valence-corrected chi connectivity index (χ4v) is 2.74. The fraction of sp³-hybridized carbons (Fsp3) is 0.533. The number of likely N-dealkylation sites (tertiary alicyclic amines) is 1. The first-order valence-electron chi connectivity index (χ1n) is 6.95. The highest BCUT2D eigenvalue weighted by molar-refractivity contribution is 5.82. The highest BCUT2D eigenvalue weighted by Gasteiger charge is 2.30. The average Bonchev–Trinajstić information content (AvgIpc) is 2.88. The van der Waals surface area contributed by atoms with Crippen molar-refractivity contribution in [1.29, 1.82) is 0 Å². The molecule has 4 heteroatoms. The highest BCUT2D eigenvalue weighted by atomic mass is 16.3. The minimum Gasteiger partial charge on any atom is -0.508 e.